The molecule has 0 bridgehead atoms. The van der Waals surface area contributed by atoms with Gasteiger partial charge in [-0.1, -0.05) is 31.5 Å². The summed E-state index contributed by atoms with van der Waals surface area (Å²) in [5, 5.41) is 5.65. The maximum atomic E-state index is 12.4. The van der Waals surface area contributed by atoms with E-state index in [4.69, 9.17) is 25.8 Å². The Kier molecular flexibility index (Phi) is 5.79. The van der Waals surface area contributed by atoms with E-state index in [0.29, 0.717) is 28.3 Å². The number of nitrogens with one attached hydrogen (secondary N) is 2. The van der Waals surface area contributed by atoms with E-state index in [1.165, 1.54) is 21.3 Å². The molecule has 1 aliphatic heterocycles. The summed E-state index contributed by atoms with van der Waals surface area (Å²) in [4.78, 5) is 24.5. The van der Waals surface area contributed by atoms with Crippen molar-refractivity contribution in [3.8, 4) is 11.5 Å². The number of halogens is 1. The fraction of sp³-hybridized carbons (Fsp3) is 0.412. The molecule has 1 atom stereocenters. The Morgan fingerprint density at radius 1 is 1.20 bits per heavy atom. The first kappa shape index (κ1) is 18.9. The lowest BCUT2D eigenvalue weighted by atomic mass is 9.91. The van der Waals surface area contributed by atoms with Crippen LogP contribution < -0.4 is 20.1 Å². The Balaban J connectivity index is 2.68. The molecule has 0 aliphatic carbocycles. The highest BCUT2D eigenvalue weighted by Crippen LogP contribution is 2.42. The van der Waals surface area contributed by atoms with Crippen LogP contribution in [0.5, 0.6) is 11.5 Å². The largest absolute Gasteiger partial charge is 0.493 e. The number of esters is 1. The lowest BCUT2D eigenvalue weighted by Gasteiger charge is -2.31. The zero-order valence-electron chi connectivity index (χ0n) is 14.7. The molecule has 2 rings (SSSR count). The molecule has 1 heterocycles. The molecule has 25 heavy (non-hydrogen) atoms. The number of rotatable bonds is 5. The van der Waals surface area contributed by atoms with E-state index in [9.17, 15) is 9.59 Å². The first-order valence-corrected chi connectivity index (χ1v) is 8.03. The van der Waals surface area contributed by atoms with Gasteiger partial charge in [-0.2, -0.15) is 0 Å². The summed E-state index contributed by atoms with van der Waals surface area (Å²) in [5.74, 6) is 0.127. The van der Waals surface area contributed by atoms with Crippen molar-refractivity contribution in [2.24, 2.45) is 5.92 Å². The topological polar surface area (TPSA) is 85.9 Å². The molecular weight excluding hydrogens is 348 g/mol. The van der Waals surface area contributed by atoms with Gasteiger partial charge in [-0.3, -0.25) is 0 Å². The number of hydrogen-bond acceptors (Lipinski definition) is 5. The number of hydrogen-bond donors (Lipinski definition) is 2. The maximum Gasteiger partial charge on any atom is 0.337 e. The summed E-state index contributed by atoms with van der Waals surface area (Å²) in [6.07, 6.45) is 0. The van der Waals surface area contributed by atoms with Gasteiger partial charge in [-0.25, -0.2) is 9.59 Å². The first-order chi connectivity index (χ1) is 11.8. The molecule has 0 spiro atoms. The third-order valence-electron chi connectivity index (χ3n) is 3.91. The van der Waals surface area contributed by atoms with E-state index < -0.39 is 18.0 Å². The standard InChI is InChI=1S/C17H21ClN2O5/c1-8(2)13-11(16(21)25-5)14(20-17(22)19-13)9-6-7-10(23-3)15(24-4)12(9)18/h6-8,14H,1-5H3,(H2,19,20,22). The number of amides is 2. The molecular formula is C17H21ClN2O5. The minimum atomic E-state index is -0.772. The van der Waals surface area contributed by atoms with Gasteiger partial charge in [0.25, 0.3) is 0 Å². The number of benzene rings is 1. The normalized spacial score (nSPS) is 17.1. The number of methoxy groups -OCH3 is 3. The van der Waals surface area contributed by atoms with Crippen molar-refractivity contribution in [2.75, 3.05) is 21.3 Å². The molecule has 7 nitrogen and oxygen atoms in total. The highest BCUT2D eigenvalue weighted by atomic mass is 35.5. The molecule has 0 saturated carbocycles. The Morgan fingerprint density at radius 3 is 2.40 bits per heavy atom. The quantitative estimate of drug-likeness (QED) is 0.780. The van der Waals surface area contributed by atoms with Gasteiger partial charge in [0.05, 0.1) is 38.0 Å². The van der Waals surface area contributed by atoms with Gasteiger partial charge < -0.3 is 24.8 Å². The van der Waals surface area contributed by atoms with Crippen molar-refractivity contribution in [3.05, 3.63) is 34.0 Å². The second-order valence-corrected chi connectivity index (χ2v) is 6.09. The third-order valence-corrected chi connectivity index (χ3v) is 4.30. The van der Waals surface area contributed by atoms with Gasteiger partial charge >= 0.3 is 12.0 Å². The Labute approximate surface area is 151 Å². The van der Waals surface area contributed by atoms with Gasteiger partial charge in [0.1, 0.15) is 0 Å². The van der Waals surface area contributed by atoms with Crippen molar-refractivity contribution in [1.29, 1.82) is 0 Å². The van der Waals surface area contributed by atoms with E-state index >= 15 is 0 Å². The molecule has 2 amide bonds. The number of allylic oxidation sites excluding steroid dienone is 1. The number of carbonyl (C=O) groups excluding carboxylic acids is 2. The maximum absolute atomic E-state index is 12.4. The second-order valence-electron chi connectivity index (χ2n) is 5.71. The summed E-state index contributed by atoms with van der Waals surface area (Å²) >= 11 is 6.46. The number of ether oxygens (including phenoxy) is 3. The SMILES string of the molecule is COC(=O)C1=C(C(C)C)NC(=O)NC1c1ccc(OC)c(OC)c1Cl. The smallest absolute Gasteiger partial charge is 0.337 e. The number of carbonyl (C=O) groups is 2. The van der Waals surface area contributed by atoms with Crippen molar-refractivity contribution in [3.63, 3.8) is 0 Å². The van der Waals surface area contributed by atoms with Crippen molar-refractivity contribution >= 4 is 23.6 Å². The van der Waals surface area contributed by atoms with E-state index in [-0.39, 0.29) is 10.9 Å². The fourth-order valence-corrected chi connectivity index (χ4v) is 3.08. The van der Waals surface area contributed by atoms with Crippen molar-refractivity contribution < 1.29 is 23.8 Å². The van der Waals surface area contributed by atoms with E-state index in [1.54, 1.807) is 12.1 Å². The van der Waals surface area contributed by atoms with Gasteiger partial charge in [-0.15, -0.1) is 0 Å². The second kappa shape index (κ2) is 7.65. The van der Waals surface area contributed by atoms with Crippen LogP contribution in [0.25, 0.3) is 0 Å². The molecule has 0 radical (unpaired) electrons. The van der Waals surface area contributed by atoms with Crippen LogP contribution in [0.1, 0.15) is 25.5 Å². The van der Waals surface area contributed by atoms with E-state index in [1.807, 2.05) is 13.8 Å². The number of urea groups is 1. The minimum absolute atomic E-state index is 0.0958. The van der Waals surface area contributed by atoms with Gasteiger partial charge in [0.15, 0.2) is 11.5 Å². The monoisotopic (exact) mass is 368 g/mol. The summed E-state index contributed by atoms with van der Waals surface area (Å²) < 4.78 is 15.4. The fourth-order valence-electron chi connectivity index (χ4n) is 2.74. The predicted molar refractivity (Wildman–Crippen MR) is 92.8 cm³/mol. The lowest BCUT2D eigenvalue weighted by molar-refractivity contribution is -0.136. The van der Waals surface area contributed by atoms with Gasteiger partial charge in [0, 0.05) is 11.3 Å². The molecule has 2 N–H and O–H groups in total. The molecule has 1 aliphatic rings. The first-order valence-electron chi connectivity index (χ1n) is 7.65. The van der Waals surface area contributed by atoms with Crippen LogP contribution in [0.3, 0.4) is 0 Å². The van der Waals surface area contributed by atoms with Crippen LogP contribution >= 0.6 is 11.6 Å². The molecule has 0 fully saturated rings. The predicted octanol–water partition coefficient (Wildman–Crippen LogP) is 2.79. The Hall–Kier alpha value is -2.41. The summed E-state index contributed by atoms with van der Waals surface area (Å²) in [6.45, 7) is 3.74. The molecule has 0 aromatic heterocycles. The third kappa shape index (κ3) is 3.51. The lowest BCUT2D eigenvalue weighted by Crippen LogP contribution is -2.47. The van der Waals surface area contributed by atoms with E-state index in [0.717, 1.165) is 0 Å². The molecule has 1 unspecified atom stereocenters. The van der Waals surface area contributed by atoms with Crippen molar-refractivity contribution in [2.45, 2.75) is 19.9 Å². The van der Waals surface area contributed by atoms with Gasteiger partial charge in [0.2, 0.25) is 0 Å². The van der Waals surface area contributed by atoms with Crippen LogP contribution in [0.15, 0.2) is 23.4 Å². The summed E-state index contributed by atoms with van der Waals surface area (Å²) in [6, 6.07) is 2.15. The van der Waals surface area contributed by atoms with Gasteiger partial charge in [-0.05, 0) is 12.0 Å². The molecule has 0 saturated heterocycles. The van der Waals surface area contributed by atoms with Crippen LogP contribution in [0.2, 0.25) is 5.02 Å². The molecule has 8 heteroatoms. The average molecular weight is 369 g/mol. The highest BCUT2D eigenvalue weighted by molar-refractivity contribution is 6.33. The summed E-state index contributed by atoms with van der Waals surface area (Å²) in [7, 11) is 4.25. The Morgan fingerprint density at radius 2 is 1.88 bits per heavy atom. The molecule has 136 valence electrons. The van der Waals surface area contributed by atoms with Crippen LogP contribution in [0.4, 0.5) is 4.79 Å². The highest BCUT2D eigenvalue weighted by Gasteiger charge is 2.36. The van der Waals surface area contributed by atoms with E-state index in [2.05, 4.69) is 10.6 Å². The Bertz CT molecular complexity index is 730. The summed E-state index contributed by atoms with van der Waals surface area (Å²) in [5.41, 5.74) is 1.30. The van der Waals surface area contributed by atoms with Crippen LogP contribution in [-0.4, -0.2) is 33.3 Å². The molecule has 1 aromatic rings. The zero-order valence-corrected chi connectivity index (χ0v) is 15.5. The zero-order chi connectivity index (χ0) is 18.7. The van der Waals surface area contributed by atoms with Crippen LogP contribution in [0, 0.1) is 5.92 Å². The van der Waals surface area contributed by atoms with Crippen molar-refractivity contribution in [1.82, 2.24) is 10.6 Å². The minimum Gasteiger partial charge on any atom is -0.493 e. The molecule has 1 aromatic carbocycles. The van der Waals surface area contributed by atoms with Crippen LogP contribution in [-0.2, 0) is 9.53 Å². The average Bonchev–Trinajstić information content (AvgIpc) is 2.59.